The summed E-state index contributed by atoms with van der Waals surface area (Å²) >= 11 is 17.7. The minimum Gasteiger partial charge on any atom is -0.391 e. The smallest absolute Gasteiger partial charge is 0.254 e. The summed E-state index contributed by atoms with van der Waals surface area (Å²) in [7, 11) is 0. The van der Waals surface area contributed by atoms with Gasteiger partial charge in [-0.1, -0.05) is 48.7 Å². The van der Waals surface area contributed by atoms with Gasteiger partial charge >= 0.3 is 0 Å². The van der Waals surface area contributed by atoms with E-state index in [1.807, 2.05) is 13.8 Å². The summed E-state index contributed by atoms with van der Waals surface area (Å²) in [5, 5.41) is 12.9. The molecule has 0 aromatic heterocycles. The van der Waals surface area contributed by atoms with Crippen molar-refractivity contribution in [3.8, 4) is 0 Å². The van der Waals surface area contributed by atoms with Crippen molar-refractivity contribution in [1.29, 1.82) is 0 Å². The molecule has 1 unspecified atom stereocenters. The summed E-state index contributed by atoms with van der Waals surface area (Å²) in [6.07, 6.45) is 0.0118. The Bertz CT molecular complexity index is 463. The van der Waals surface area contributed by atoms with Crippen molar-refractivity contribution < 1.29 is 9.90 Å². The van der Waals surface area contributed by atoms with Crippen LogP contribution in [-0.2, 0) is 0 Å². The fourth-order valence-corrected chi connectivity index (χ4v) is 2.36. The summed E-state index contributed by atoms with van der Waals surface area (Å²) in [5.74, 6) is -0.0921. The molecule has 106 valence electrons. The summed E-state index contributed by atoms with van der Waals surface area (Å²) < 4.78 is 0. The van der Waals surface area contributed by atoms with Crippen LogP contribution in [-0.4, -0.2) is 23.7 Å². The first-order valence-corrected chi connectivity index (χ1v) is 7.06. The van der Waals surface area contributed by atoms with Gasteiger partial charge in [-0.15, -0.1) is 0 Å². The molecule has 0 saturated heterocycles. The Balaban J connectivity index is 2.72. The van der Waals surface area contributed by atoms with Crippen LogP contribution in [0.15, 0.2) is 12.1 Å². The van der Waals surface area contributed by atoms with Gasteiger partial charge < -0.3 is 10.4 Å². The van der Waals surface area contributed by atoms with Crippen LogP contribution in [0.2, 0.25) is 15.1 Å². The SMILES string of the molecule is CC(C)CC(O)CNC(=O)c1c(Cl)ccc(Cl)c1Cl. The zero-order valence-electron chi connectivity index (χ0n) is 10.7. The molecule has 2 N–H and O–H groups in total. The van der Waals surface area contributed by atoms with Crippen molar-refractivity contribution in [2.45, 2.75) is 26.4 Å². The van der Waals surface area contributed by atoms with E-state index in [-0.39, 0.29) is 27.2 Å². The first-order valence-electron chi connectivity index (χ1n) is 5.92. The standard InChI is InChI=1S/C13H16Cl3NO2/c1-7(2)5-8(18)6-17-13(19)11-9(14)3-4-10(15)12(11)16/h3-4,7-8,18H,5-6H2,1-2H3,(H,17,19). The molecule has 0 radical (unpaired) electrons. The molecule has 1 aromatic rings. The van der Waals surface area contributed by atoms with Crippen molar-refractivity contribution in [3.63, 3.8) is 0 Å². The maximum atomic E-state index is 12.0. The van der Waals surface area contributed by atoms with Gasteiger partial charge in [0.2, 0.25) is 0 Å². The number of rotatable bonds is 5. The second-order valence-corrected chi connectivity index (χ2v) is 5.90. The van der Waals surface area contributed by atoms with Gasteiger partial charge in [0.1, 0.15) is 0 Å². The number of hydrogen-bond donors (Lipinski definition) is 2. The summed E-state index contributed by atoms with van der Waals surface area (Å²) in [6.45, 7) is 4.14. The maximum Gasteiger partial charge on any atom is 0.254 e. The van der Waals surface area contributed by atoms with Crippen LogP contribution in [0.25, 0.3) is 0 Å². The van der Waals surface area contributed by atoms with E-state index in [0.717, 1.165) is 0 Å². The number of carbonyl (C=O) groups is 1. The monoisotopic (exact) mass is 323 g/mol. The molecular weight excluding hydrogens is 309 g/mol. The molecule has 0 aliphatic carbocycles. The summed E-state index contributed by atoms with van der Waals surface area (Å²) in [6, 6.07) is 3.03. The van der Waals surface area contributed by atoms with Gasteiger partial charge in [-0.25, -0.2) is 0 Å². The Morgan fingerprint density at radius 1 is 1.26 bits per heavy atom. The Labute approximate surface area is 127 Å². The maximum absolute atomic E-state index is 12.0. The molecule has 1 rings (SSSR count). The van der Waals surface area contributed by atoms with E-state index in [1.54, 1.807) is 0 Å². The molecule has 1 amide bonds. The Kier molecular flexibility index (Phi) is 6.40. The molecule has 0 aliphatic heterocycles. The molecule has 19 heavy (non-hydrogen) atoms. The number of benzene rings is 1. The molecule has 0 heterocycles. The van der Waals surface area contributed by atoms with Gasteiger partial charge in [-0.05, 0) is 24.5 Å². The van der Waals surface area contributed by atoms with E-state index in [2.05, 4.69) is 5.32 Å². The van der Waals surface area contributed by atoms with Crippen LogP contribution in [0.4, 0.5) is 0 Å². The van der Waals surface area contributed by atoms with E-state index in [9.17, 15) is 9.90 Å². The minimum atomic E-state index is -0.597. The second kappa shape index (κ2) is 7.34. The van der Waals surface area contributed by atoms with Gasteiger partial charge in [-0.3, -0.25) is 4.79 Å². The van der Waals surface area contributed by atoms with Gasteiger partial charge in [0, 0.05) is 6.54 Å². The number of aliphatic hydroxyl groups excluding tert-OH is 1. The predicted octanol–water partition coefficient (Wildman–Crippen LogP) is 3.78. The first-order chi connectivity index (χ1) is 8.82. The number of aliphatic hydroxyl groups is 1. The molecule has 0 fully saturated rings. The van der Waals surface area contributed by atoms with E-state index in [4.69, 9.17) is 34.8 Å². The summed E-state index contributed by atoms with van der Waals surface area (Å²) in [4.78, 5) is 12.0. The lowest BCUT2D eigenvalue weighted by Crippen LogP contribution is -2.33. The fourth-order valence-electron chi connectivity index (χ4n) is 1.66. The number of hydrogen-bond acceptors (Lipinski definition) is 2. The topological polar surface area (TPSA) is 49.3 Å². The van der Waals surface area contributed by atoms with Crippen molar-refractivity contribution in [1.82, 2.24) is 5.32 Å². The minimum absolute atomic E-state index is 0.116. The third kappa shape index (κ3) is 4.84. The van der Waals surface area contributed by atoms with Crippen LogP contribution in [0.1, 0.15) is 30.6 Å². The zero-order valence-corrected chi connectivity index (χ0v) is 13.0. The first kappa shape index (κ1) is 16.6. The van der Waals surface area contributed by atoms with E-state index in [1.165, 1.54) is 12.1 Å². The number of carbonyl (C=O) groups excluding carboxylic acids is 1. The number of amides is 1. The second-order valence-electron chi connectivity index (χ2n) is 4.71. The van der Waals surface area contributed by atoms with Gasteiger partial charge in [-0.2, -0.15) is 0 Å². The van der Waals surface area contributed by atoms with E-state index in [0.29, 0.717) is 12.3 Å². The largest absolute Gasteiger partial charge is 0.391 e. The Morgan fingerprint density at radius 3 is 2.42 bits per heavy atom. The zero-order chi connectivity index (χ0) is 14.6. The van der Waals surface area contributed by atoms with Crippen molar-refractivity contribution in [2.24, 2.45) is 5.92 Å². The van der Waals surface area contributed by atoms with Gasteiger partial charge in [0.05, 0.1) is 26.7 Å². The molecule has 1 aromatic carbocycles. The lowest BCUT2D eigenvalue weighted by atomic mass is 10.1. The number of halogens is 3. The third-order valence-corrected chi connectivity index (χ3v) is 3.63. The average molecular weight is 325 g/mol. The lowest BCUT2D eigenvalue weighted by Gasteiger charge is -2.15. The molecule has 1 atom stereocenters. The van der Waals surface area contributed by atoms with Crippen LogP contribution in [0.3, 0.4) is 0 Å². The quantitative estimate of drug-likeness (QED) is 0.810. The van der Waals surface area contributed by atoms with Crippen molar-refractivity contribution >= 4 is 40.7 Å². The Hall–Kier alpha value is -0.480. The van der Waals surface area contributed by atoms with Gasteiger partial charge in [0.15, 0.2) is 0 Å². The highest BCUT2D eigenvalue weighted by Gasteiger charge is 2.18. The highest BCUT2D eigenvalue weighted by Crippen LogP contribution is 2.31. The third-order valence-electron chi connectivity index (χ3n) is 2.51. The van der Waals surface area contributed by atoms with Gasteiger partial charge in [0.25, 0.3) is 5.91 Å². The molecular formula is C13H16Cl3NO2. The van der Waals surface area contributed by atoms with E-state index < -0.39 is 12.0 Å². The van der Waals surface area contributed by atoms with Crippen molar-refractivity contribution in [3.05, 3.63) is 32.8 Å². The molecule has 0 spiro atoms. The van der Waals surface area contributed by atoms with E-state index >= 15 is 0 Å². The lowest BCUT2D eigenvalue weighted by molar-refractivity contribution is 0.0900. The summed E-state index contributed by atoms with van der Waals surface area (Å²) in [5.41, 5.74) is 0.132. The molecule has 3 nitrogen and oxygen atoms in total. The normalized spacial score (nSPS) is 12.6. The fraction of sp³-hybridized carbons (Fsp3) is 0.462. The van der Waals surface area contributed by atoms with Crippen LogP contribution < -0.4 is 5.32 Å². The molecule has 0 bridgehead atoms. The Morgan fingerprint density at radius 2 is 1.84 bits per heavy atom. The number of nitrogens with one attached hydrogen (secondary N) is 1. The predicted molar refractivity (Wildman–Crippen MR) is 79.3 cm³/mol. The molecule has 0 saturated carbocycles. The van der Waals surface area contributed by atoms with Crippen molar-refractivity contribution in [2.75, 3.05) is 6.54 Å². The van der Waals surface area contributed by atoms with Crippen LogP contribution in [0, 0.1) is 5.92 Å². The average Bonchev–Trinajstić information content (AvgIpc) is 2.31. The van der Waals surface area contributed by atoms with Crippen LogP contribution in [0.5, 0.6) is 0 Å². The highest BCUT2D eigenvalue weighted by atomic mass is 35.5. The van der Waals surface area contributed by atoms with Crippen LogP contribution >= 0.6 is 34.8 Å². The highest BCUT2D eigenvalue weighted by molar-refractivity contribution is 6.46. The molecule has 0 aliphatic rings. The molecule has 6 heteroatoms.